The van der Waals surface area contributed by atoms with Crippen molar-refractivity contribution >= 4 is 11.9 Å². The van der Waals surface area contributed by atoms with E-state index in [0.717, 1.165) is 6.42 Å². The molecule has 0 aromatic heterocycles. The molecule has 0 aliphatic carbocycles. The second-order valence-electron chi connectivity index (χ2n) is 4.58. The Morgan fingerprint density at radius 1 is 1.33 bits per heavy atom. The zero-order valence-corrected chi connectivity index (χ0v) is 12.3. The second-order valence-corrected chi connectivity index (χ2v) is 4.58. The van der Waals surface area contributed by atoms with E-state index in [4.69, 9.17) is 14.6 Å². The zero-order chi connectivity index (χ0) is 15.7. The van der Waals surface area contributed by atoms with E-state index in [1.807, 2.05) is 0 Å². The first kappa shape index (κ1) is 17.0. The van der Waals surface area contributed by atoms with Crippen molar-refractivity contribution in [2.75, 3.05) is 20.3 Å². The molecule has 1 rings (SSSR count). The van der Waals surface area contributed by atoms with Crippen LogP contribution in [0, 0.1) is 0 Å². The molecule has 0 bridgehead atoms. The number of carbonyl (C=O) groups excluding carboxylic acids is 1. The molecule has 1 amide bonds. The average molecular weight is 295 g/mol. The Labute approximate surface area is 124 Å². The second kappa shape index (κ2) is 8.97. The number of methoxy groups -OCH3 is 1. The fourth-order valence-electron chi connectivity index (χ4n) is 1.74. The van der Waals surface area contributed by atoms with Gasteiger partial charge < -0.3 is 19.9 Å². The summed E-state index contributed by atoms with van der Waals surface area (Å²) in [5, 5.41) is 11.6. The first-order valence-electron chi connectivity index (χ1n) is 6.77. The largest absolute Gasteiger partial charge is 0.481 e. The van der Waals surface area contributed by atoms with Gasteiger partial charge in [0.2, 0.25) is 0 Å². The van der Waals surface area contributed by atoms with Gasteiger partial charge in [-0.15, -0.1) is 0 Å². The van der Waals surface area contributed by atoms with Gasteiger partial charge in [0.15, 0.2) is 6.10 Å². The Kier molecular flexibility index (Phi) is 7.25. The van der Waals surface area contributed by atoms with Crippen molar-refractivity contribution < 1.29 is 24.2 Å². The Hall–Kier alpha value is -2.08. The van der Waals surface area contributed by atoms with Crippen LogP contribution in [0.1, 0.15) is 18.9 Å². The van der Waals surface area contributed by atoms with Crippen molar-refractivity contribution in [2.45, 2.75) is 25.9 Å². The molecule has 6 nitrogen and oxygen atoms in total. The number of carbonyl (C=O) groups is 2. The van der Waals surface area contributed by atoms with Gasteiger partial charge in [-0.2, -0.15) is 0 Å². The normalized spacial score (nSPS) is 11.7. The highest BCUT2D eigenvalue weighted by Crippen LogP contribution is 2.20. The van der Waals surface area contributed by atoms with E-state index in [2.05, 4.69) is 5.32 Å². The molecule has 1 unspecified atom stereocenters. The summed E-state index contributed by atoms with van der Waals surface area (Å²) in [6.07, 6.45) is -0.106. The molecule has 2 N–H and O–H groups in total. The smallest absolute Gasteiger partial charge is 0.307 e. The summed E-state index contributed by atoms with van der Waals surface area (Å²) in [4.78, 5) is 22.6. The van der Waals surface area contributed by atoms with Gasteiger partial charge in [0.1, 0.15) is 5.75 Å². The van der Waals surface area contributed by atoms with Crippen molar-refractivity contribution in [1.82, 2.24) is 5.32 Å². The number of carboxylic acid groups (broad SMARTS) is 1. The topological polar surface area (TPSA) is 84.9 Å². The number of nitrogens with one attached hydrogen (secondary N) is 1. The first-order valence-corrected chi connectivity index (χ1v) is 6.77. The van der Waals surface area contributed by atoms with Crippen LogP contribution in [-0.4, -0.2) is 43.3 Å². The summed E-state index contributed by atoms with van der Waals surface area (Å²) in [5.41, 5.74) is 0.545. The zero-order valence-electron chi connectivity index (χ0n) is 12.3. The van der Waals surface area contributed by atoms with E-state index in [0.29, 0.717) is 24.5 Å². The number of carboxylic acids is 1. The molecule has 0 spiro atoms. The number of aliphatic carboxylic acids is 1. The van der Waals surface area contributed by atoms with Gasteiger partial charge in [0.05, 0.1) is 6.42 Å². The average Bonchev–Trinajstić information content (AvgIpc) is 2.45. The van der Waals surface area contributed by atoms with Gasteiger partial charge in [-0.25, -0.2) is 0 Å². The van der Waals surface area contributed by atoms with Gasteiger partial charge in [0, 0.05) is 25.8 Å². The molecule has 1 aromatic rings. The van der Waals surface area contributed by atoms with Gasteiger partial charge >= 0.3 is 5.97 Å². The molecule has 1 aromatic carbocycles. The van der Waals surface area contributed by atoms with Crippen LogP contribution in [0.25, 0.3) is 0 Å². The molecule has 0 aliphatic heterocycles. The number of amides is 1. The molecule has 6 heteroatoms. The maximum absolute atomic E-state index is 11.9. The molecule has 0 heterocycles. The molecule has 0 saturated carbocycles. The lowest BCUT2D eigenvalue weighted by Crippen LogP contribution is -2.37. The Morgan fingerprint density at radius 3 is 2.71 bits per heavy atom. The SMILES string of the molecule is COCCCNC(=O)C(C)Oc1ccccc1CC(=O)O. The fraction of sp³-hybridized carbons (Fsp3) is 0.467. The summed E-state index contributed by atoms with van der Waals surface area (Å²) in [6, 6.07) is 6.81. The summed E-state index contributed by atoms with van der Waals surface area (Å²) < 4.78 is 10.5. The van der Waals surface area contributed by atoms with Gasteiger partial charge in [-0.3, -0.25) is 9.59 Å². The van der Waals surface area contributed by atoms with Crippen LogP contribution in [0.2, 0.25) is 0 Å². The lowest BCUT2D eigenvalue weighted by Gasteiger charge is -2.16. The standard InChI is InChI=1S/C15H21NO5/c1-11(15(19)16-8-5-9-20-2)21-13-7-4-3-6-12(13)10-14(17)18/h3-4,6-7,11H,5,8-10H2,1-2H3,(H,16,19)(H,17,18). The van der Waals surface area contributed by atoms with Crippen LogP contribution in [0.5, 0.6) is 5.75 Å². The van der Waals surface area contributed by atoms with E-state index in [-0.39, 0.29) is 12.3 Å². The van der Waals surface area contributed by atoms with Crippen LogP contribution in [0.15, 0.2) is 24.3 Å². The van der Waals surface area contributed by atoms with Crippen molar-refractivity contribution in [2.24, 2.45) is 0 Å². The van der Waals surface area contributed by atoms with Crippen LogP contribution in [0.3, 0.4) is 0 Å². The lowest BCUT2D eigenvalue weighted by molar-refractivity contribution is -0.136. The number of ether oxygens (including phenoxy) is 2. The quantitative estimate of drug-likeness (QED) is 0.669. The minimum Gasteiger partial charge on any atom is -0.481 e. The summed E-state index contributed by atoms with van der Waals surface area (Å²) >= 11 is 0. The summed E-state index contributed by atoms with van der Waals surface area (Å²) in [5.74, 6) is -0.765. The number of para-hydroxylation sites is 1. The summed E-state index contributed by atoms with van der Waals surface area (Å²) in [7, 11) is 1.60. The van der Waals surface area contributed by atoms with Gasteiger partial charge in [-0.05, 0) is 19.4 Å². The number of hydrogen-bond acceptors (Lipinski definition) is 4. The van der Waals surface area contributed by atoms with Gasteiger partial charge in [-0.1, -0.05) is 18.2 Å². The predicted octanol–water partition coefficient (Wildman–Crippen LogP) is 1.23. The van der Waals surface area contributed by atoms with Crippen molar-refractivity contribution in [3.63, 3.8) is 0 Å². The molecular formula is C15H21NO5. The van der Waals surface area contributed by atoms with Crippen LogP contribution < -0.4 is 10.1 Å². The summed E-state index contributed by atoms with van der Waals surface area (Å²) in [6.45, 7) is 2.72. The van der Waals surface area contributed by atoms with E-state index >= 15 is 0 Å². The number of rotatable bonds is 9. The molecule has 0 saturated heterocycles. The Bertz CT molecular complexity index is 475. The van der Waals surface area contributed by atoms with Crippen molar-refractivity contribution in [1.29, 1.82) is 0 Å². The van der Waals surface area contributed by atoms with Crippen molar-refractivity contribution in [3.05, 3.63) is 29.8 Å². The van der Waals surface area contributed by atoms with E-state index in [1.165, 1.54) is 0 Å². The third kappa shape index (κ3) is 6.27. The maximum atomic E-state index is 11.9. The maximum Gasteiger partial charge on any atom is 0.307 e. The first-order chi connectivity index (χ1) is 10.0. The number of benzene rings is 1. The fourth-order valence-corrected chi connectivity index (χ4v) is 1.74. The molecule has 1 atom stereocenters. The van der Waals surface area contributed by atoms with E-state index < -0.39 is 12.1 Å². The predicted molar refractivity (Wildman–Crippen MR) is 77.4 cm³/mol. The highest BCUT2D eigenvalue weighted by atomic mass is 16.5. The van der Waals surface area contributed by atoms with Crippen LogP contribution in [0.4, 0.5) is 0 Å². The third-order valence-corrected chi connectivity index (χ3v) is 2.81. The third-order valence-electron chi connectivity index (χ3n) is 2.81. The van der Waals surface area contributed by atoms with Crippen LogP contribution >= 0.6 is 0 Å². The molecule has 21 heavy (non-hydrogen) atoms. The highest BCUT2D eigenvalue weighted by Gasteiger charge is 2.16. The number of hydrogen-bond donors (Lipinski definition) is 2. The van der Waals surface area contributed by atoms with Crippen molar-refractivity contribution in [3.8, 4) is 5.75 Å². The van der Waals surface area contributed by atoms with E-state index in [9.17, 15) is 9.59 Å². The Morgan fingerprint density at radius 2 is 2.05 bits per heavy atom. The lowest BCUT2D eigenvalue weighted by atomic mass is 10.1. The monoisotopic (exact) mass is 295 g/mol. The molecular weight excluding hydrogens is 274 g/mol. The highest BCUT2D eigenvalue weighted by molar-refractivity contribution is 5.80. The molecule has 0 fully saturated rings. The molecule has 0 radical (unpaired) electrons. The minimum absolute atomic E-state index is 0.141. The Balaban J connectivity index is 2.55. The minimum atomic E-state index is -0.942. The van der Waals surface area contributed by atoms with E-state index in [1.54, 1.807) is 38.3 Å². The van der Waals surface area contributed by atoms with Crippen LogP contribution in [-0.2, 0) is 20.7 Å². The van der Waals surface area contributed by atoms with Gasteiger partial charge in [0.25, 0.3) is 5.91 Å². The molecule has 116 valence electrons. The molecule has 0 aliphatic rings.